The first-order valence-corrected chi connectivity index (χ1v) is 10.4. The molecule has 2 aromatic carbocycles. The molecule has 0 aliphatic heterocycles. The molecule has 2 amide bonds. The van der Waals surface area contributed by atoms with Crippen molar-refractivity contribution in [3.05, 3.63) is 59.7 Å². The lowest BCUT2D eigenvalue weighted by molar-refractivity contribution is -0.118. The number of carbonyl (C=O) groups is 2. The van der Waals surface area contributed by atoms with Gasteiger partial charge in [-0.1, -0.05) is 38.0 Å². The molecule has 2 rings (SSSR count). The van der Waals surface area contributed by atoms with E-state index in [1.54, 1.807) is 32.0 Å². The Kier molecular flexibility index (Phi) is 7.53. The minimum atomic E-state index is -3.78. The van der Waals surface area contributed by atoms with Crippen LogP contribution in [0.2, 0.25) is 0 Å². The first-order chi connectivity index (χ1) is 13.7. The molecule has 0 aliphatic rings. The van der Waals surface area contributed by atoms with Crippen LogP contribution in [0.15, 0.2) is 53.4 Å². The first kappa shape index (κ1) is 22.1. The molecule has 0 fully saturated rings. The van der Waals surface area contributed by atoms with Gasteiger partial charge in [-0.25, -0.2) is 8.42 Å². The summed E-state index contributed by atoms with van der Waals surface area (Å²) in [6.07, 6.45) is 5.07. The highest BCUT2D eigenvalue weighted by Crippen LogP contribution is 2.14. The number of benzene rings is 2. The van der Waals surface area contributed by atoms with Gasteiger partial charge in [0.25, 0.3) is 5.91 Å². The minimum absolute atomic E-state index is 0.0428. The molecule has 152 valence electrons. The molecule has 7 nitrogen and oxygen atoms in total. The molecular formula is C21H23N3O4S. The van der Waals surface area contributed by atoms with Gasteiger partial charge in [-0.05, 0) is 35.9 Å². The molecule has 0 spiro atoms. The summed E-state index contributed by atoms with van der Waals surface area (Å²) in [5.41, 5.74) is 1.64. The molecule has 0 atom stereocenters. The fourth-order valence-corrected chi connectivity index (χ4v) is 3.33. The average Bonchev–Trinajstić information content (AvgIpc) is 2.70. The molecule has 2 aromatic rings. The lowest BCUT2D eigenvalue weighted by atomic mass is 10.1. The third-order valence-electron chi connectivity index (χ3n) is 3.94. The summed E-state index contributed by atoms with van der Waals surface area (Å²) in [7, 11) is -3.78. The van der Waals surface area contributed by atoms with Gasteiger partial charge in [0.2, 0.25) is 15.9 Å². The highest BCUT2D eigenvalue weighted by Gasteiger charge is 2.15. The van der Waals surface area contributed by atoms with Crippen LogP contribution in [0.1, 0.15) is 29.8 Å². The zero-order chi connectivity index (χ0) is 21.4. The maximum Gasteiger partial charge on any atom is 0.251 e. The van der Waals surface area contributed by atoms with Crippen molar-refractivity contribution in [3.63, 3.8) is 0 Å². The Labute approximate surface area is 171 Å². The van der Waals surface area contributed by atoms with Crippen molar-refractivity contribution in [1.29, 1.82) is 0 Å². The predicted octanol–water partition coefficient (Wildman–Crippen LogP) is 2.12. The van der Waals surface area contributed by atoms with Crippen LogP contribution in [0.5, 0.6) is 0 Å². The molecular weight excluding hydrogens is 390 g/mol. The number of sulfonamides is 1. The molecule has 29 heavy (non-hydrogen) atoms. The fraction of sp³-hybridized carbons (Fsp3) is 0.238. The van der Waals surface area contributed by atoms with E-state index < -0.39 is 15.9 Å². The van der Waals surface area contributed by atoms with Crippen LogP contribution in [0.25, 0.3) is 0 Å². The van der Waals surface area contributed by atoms with Crippen molar-refractivity contribution in [2.75, 3.05) is 11.9 Å². The second kappa shape index (κ2) is 9.87. The molecule has 0 saturated carbocycles. The molecule has 0 radical (unpaired) electrons. The van der Waals surface area contributed by atoms with Gasteiger partial charge in [-0.3, -0.25) is 9.59 Å². The summed E-state index contributed by atoms with van der Waals surface area (Å²) in [4.78, 5) is 24.2. The van der Waals surface area contributed by atoms with E-state index in [9.17, 15) is 18.0 Å². The zero-order valence-electron chi connectivity index (χ0n) is 16.2. The van der Waals surface area contributed by atoms with Gasteiger partial charge in [-0.2, -0.15) is 4.72 Å². The first-order valence-electron chi connectivity index (χ1n) is 8.94. The van der Waals surface area contributed by atoms with E-state index >= 15 is 0 Å². The van der Waals surface area contributed by atoms with Gasteiger partial charge in [0.1, 0.15) is 0 Å². The summed E-state index contributed by atoms with van der Waals surface area (Å²) in [5.74, 6) is 1.54. The second-order valence-electron chi connectivity index (χ2n) is 6.58. The largest absolute Gasteiger partial charge is 0.348 e. The number of hydrogen-bond donors (Lipinski definition) is 3. The minimum Gasteiger partial charge on any atom is -0.348 e. The number of carbonyl (C=O) groups excluding carboxylic acids is 2. The van der Waals surface area contributed by atoms with Crippen molar-refractivity contribution in [1.82, 2.24) is 10.0 Å². The predicted molar refractivity (Wildman–Crippen MR) is 112 cm³/mol. The van der Waals surface area contributed by atoms with E-state index in [0.717, 1.165) is 5.56 Å². The average molecular weight is 413 g/mol. The molecule has 0 aromatic heterocycles. The number of anilines is 1. The van der Waals surface area contributed by atoms with Crippen LogP contribution in [0.3, 0.4) is 0 Å². The van der Waals surface area contributed by atoms with E-state index in [0.29, 0.717) is 5.69 Å². The Bertz CT molecular complexity index is 1040. The van der Waals surface area contributed by atoms with Gasteiger partial charge < -0.3 is 10.6 Å². The van der Waals surface area contributed by atoms with Crippen molar-refractivity contribution < 1.29 is 18.0 Å². The Morgan fingerprint density at radius 3 is 2.52 bits per heavy atom. The van der Waals surface area contributed by atoms with Gasteiger partial charge >= 0.3 is 0 Å². The molecule has 8 heteroatoms. The lowest BCUT2D eigenvalue weighted by Gasteiger charge is -2.11. The summed E-state index contributed by atoms with van der Waals surface area (Å²) in [6.45, 7) is 3.69. The Hall–Kier alpha value is -3.15. The van der Waals surface area contributed by atoms with Crippen molar-refractivity contribution in [2.45, 2.75) is 25.3 Å². The summed E-state index contributed by atoms with van der Waals surface area (Å²) in [6, 6.07) is 12.8. The number of hydrogen-bond acceptors (Lipinski definition) is 4. The van der Waals surface area contributed by atoms with E-state index in [-0.39, 0.29) is 35.4 Å². The molecule has 0 unspecified atom stereocenters. The van der Waals surface area contributed by atoms with Crippen LogP contribution < -0.4 is 15.4 Å². The van der Waals surface area contributed by atoms with Crippen LogP contribution >= 0.6 is 0 Å². The third-order valence-corrected chi connectivity index (χ3v) is 5.34. The zero-order valence-corrected chi connectivity index (χ0v) is 17.0. The number of amides is 2. The summed E-state index contributed by atoms with van der Waals surface area (Å²) in [5, 5.41) is 5.54. The third kappa shape index (κ3) is 6.45. The monoisotopic (exact) mass is 413 g/mol. The van der Waals surface area contributed by atoms with Crippen LogP contribution in [0, 0.1) is 18.3 Å². The maximum atomic E-state index is 12.4. The fourth-order valence-electron chi connectivity index (χ4n) is 2.35. The smallest absolute Gasteiger partial charge is 0.251 e. The quantitative estimate of drug-likeness (QED) is 0.577. The van der Waals surface area contributed by atoms with Gasteiger partial charge in [0.05, 0.1) is 11.4 Å². The highest BCUT2D eigenvalue weighted by atomic mass is 32.2. The molecule has 0 bridgehead atoms. The highest BCUT2D eigenvalue weighted by molar-refractivity contribution is 7.89. The normalized spacial score (nSPS) is 11.0. The second-order valence-corrected chi connectivity index (χ2v) is 8.35. The Morgan fingerprint density at radius 2 is 1.83 bits per heavy atom. The Morgan fingerprint density at radius 1 is 1.10 bits per heavy atom. The van der Waals surface area contributed by atoms with E-state index in [2.05, 4.69) is 21.3 Å². The number of nitrogens with one attached hydrogen (secondary N) is 3. The number of rotatable bonds is 8. The van der Waals surface area contributed by atoms with Gasteiger partial charge in [0, 0.05) is 23.7 Å². The topological polar surface area (TPSA) is 104 Å². The Balaban J connectivity index is 2.06. The molecule has 0 saturated heterocycles. The molecule has 0 heterocycles. The summed E-state index contributed by atoms with van der Waals surface area (Å²) >= 11 is 0. The van der Waals surface area contributed by atoms with Gasteiger partial charge in [-0.15, -0.1) is 6.42 Å². The maximum absolute atomic E-state index is 12.4. The van der Waals surface area contributed by atoms with Crippen molar-refractivity contribution >= 4 is 27.5 Å². The van der Waals surface area contributed by atoms with Crippen LogP contribution in [0.4, 0.5) is 5.69 Å². The number of terminal acetylenes is 1. The van der Waals surface area contributed by atoms with Crippen LogP contribution in [-0.2, 0) is 21.4 Å². The van der Waals surface area contributed by atoms with Crippen molar-refractivity contribution in [3.8, 4) is 12.3 Å². The van der Waals surface area contributed by atoms with Gasteiger partial charge in [0.15, 0.2) is 0 Å². The van der Waals surface area contributed by atoms with Crippen LogP contribution in [-0.4, -0.2) is 26.8 Å². The van der Waals surface area contributed by atoms with E-state index in [4.69, 9.17) is 6.42 Å². The van der Waals surface area contributed by atoms with E-state index in [1.165, 1.54) is 24.3 Å². The standard InChI is InChI=1S/C21H23N3O4S/c1-4-11-23-29(27,28)19-10-6-8-17(13-19)21(26)22-14-16-7-5-9-18(12-16)24-20(25)15(2)3/h1,5-10,12-13,15,23H,11,14H2,2-3H3,(H,22,26)(H,24,25). The van der Waals surface area contributed by atoms with E-state index in [1.807, 2.05) is 6.07 Å². The SMILES string of the molecule is C#CCNS(=O)(=O)c1cccc(C(=O)NCc2cccc(NC(=O)C(C)C)c2)c1. The lowest BCUT2D eigenvalue weighted by Crippen LogP contribution is -2.26. The van der Waals surface area contributed by atoms with Crippen molar-refractivity contribution in [2.24, 2.45) is 5.92 Å². The molecule has 3 N–H and O–H groups in total. The molecule has 0 aliphatic carbocycles. The summed E-state index contributed by atoms with van der Waals surface area (Å²) < 4.78 is 26.5.